The van der Waals surface area contributed by atoms with Crippen molar-refractivity contribution < 1.29 is 19.4 Å². The van der Waals surface area contributed by atoms with Gasteiger partial charge < -0.3 is 19.9 Å². The maximum Gasteiger partial charge on any atom is 0.316 e. The minimum atomic E-state index is -1.05. The zero-order chi connectivity index (χ0) is 10.9. The molecule has 2 heterocycles. The van der Waals surface area contributed by atoms with E-state index in [4.69, 9.17) is 9.47 Å². The Balaban J connectivity index is 2.25. The fraction of sp³-hybridized carbons (Fsp3) is 0.900. The van der Waals surface area contributed by atoms with Crippen molar-refractivity contribution >= 4 is 5.97 Å². The van der Waals surface area contributed by atoms with Crippen molar-refractivity contribution in [2.45, 2.75) is 18.4 Å². The van der Waals surface area contributed by atoms with E-state index >= 15 is 0 Å². The average Bonchev–Trinajstić information content (AvgIpc) is 2.25. The molecule has 0 radical (unpaired) electrons. The first-order valence-corrected chi connectivity index (χ1v) is 5.24. The molecule has 0 aliphatic carbocycles. The summed E-state index contributed by atoms with van der Waals surface area (Å²) in [6.07, 6.45) is 1.53. The Kier molecular flexibility index (Phi) is 2.70. The van der Waals surface area contributed by atoms with Gasteiger partial charge in [0.2, 0.25) is 0 Å². The maximum atomic E-state index is 11.9. The minimum Gasteiger partial charge on any atom is -0.468 e. The molecule has 5 nitrogen and oxygen atoms in total. The van der Waals surface area contributed by atoms with Gasteiger partial charge in [0.15, 0.2) is 0 Å². The van der Waals surface area contributed by atoms with Gasteiger partial charge in [-0.3, -0.25) is 4.79 Å². The topological polar surface area (TPSA) is 67.8 Å². The number of carbonyl (C=O) groups is 1. The third kappa shape index (κ3) is 1.46. The molecule has 5 heteroatoms. The summed E-state index contributed by atoms with van der Waals surface area (Å²) in [5.41, 5.74) is -1.87. The number of methoxy groups -OCH3 is 1. The lowest BCUT2D eigenvalue weighted by atomic mass is 9.66. The number of hydrogen-bond donors (Lipinski definition) is 2. The number of carbonyl (C=O) groups excluding carboxylic acids is 1. The molecule has 86 valence electrons. The first-order valence-electron chi connectivity index (χ1n) is 5.24. The number of nitrogens with one attached hydrogen (secondary N) is 1. The van der Waals surface area contributed by atoms with Crippen LogP contribution in [0.15, 0.2) is 0 Å². The predicted octanol–water partition coefficient (Wildman–Crippen LogP) is -0.709. The van der Waals surface area contributed by atoms with Crippen LogP contribution in [0, 0.1) is 5.41 Å². The molecule has 0 spiro atoms. The lowest BCUT2D eigenvalue weighted by molar-refractivity contribution is -0.248. The van der Waals surface area contributed by atoms with Crippen LogP contribution in [-0.4, -0.2) is 50.1 Å². The highest BCUT2D eigenvalue weighted by Gasteiger charge is 2.60. The molecule has 0 amide bonds. The van der Waals surface area contributed by atoms with E-state index < -0.39 is 11.0 Å². The molecular formula is C10H17NO4. The second-order valence-electron chi connectivity index (χ2n) is 4.38. The van der Waals surface area contributed by atoms with Gasteiger partial charge in [0.25, 0.3) is 0 Å². The van der Waals surface area contributed by atoms with Gasteiger partial charge in [0, 0.05) is 6.54 Å². The molecule has 1 unspecified atom stereocenters. The van der Waals surface area contributed by atoms with Gasteiger partial charge in [-0.2, -0.15) is 0 Å². The molecule has 0 aromatic rings. The Morgan fingerprint density at radius 3 is 2.67 bits per heavy atom. The summed E-state index contributed by atoms with van der Waals surface area (Å²) in [6, 6.07) is 0. The summed E-state index contributed by atoms with van der Waals surface area (Å²) >= 11 is 0. The molecule has 0 saturated carbocycles. The molecule has 0 aromatic heterocycles. The van der Waals surface area contributed by atoms with E-state index in [0.29, 0.717) is 13.0 Å². The molecule has 1 atom stereocenters. The molecular weight excluding hydrogens is 198 g/mol. The van der Waals surface area contributed by atoms with E-state index in [2.05, 4.69) is 5.32 Å². The van der Waals surface area contributed by atoms with E-state index in [9.17, 15) is 9.90 Å². The highest BCUT2D eigenvalue weighted by atomic mass is 16.6. The van der Waals surface area contributed by atoms with Crippen LogP contribution in [0.25, 0.3) is 0 Å². The highest BCUT2D eigenvalue weighted by Crippen LogP contribution is 2.43. The molecule has 2 fully saturated rings. The Morgan fingerprint density at radius 2 is 2.27 bits per heavy atom. The molecule has 15 heavy (non-hydrogen) atoms. The number of hydrogen-bond acceptors (Lipinski definition) is 5. The van der Waals surface area contributed by atoms with E-state index in [1.807, 2.05) is 0 Å². The summed E-state index contributed by atoms with van der Waals surface area (Å²) in [7, 11) is 1.36. The third-order valence-electron chi connectivity index (χ3n) is 3.53. The van der Waals surface area contributed by atoms with Gasteiger partial charge in [-0.25, -0.2) is 0 Å². The van der Waals surface area contributed by atoms with Gasteiger partial charge in [-0.1, -0.05) is 0 Å². The molecule has 2 aliphatic rings. The fourth-order valence-corrected chi connectivity index (χ4v) is 2.43. The highest BCUT2D eigenvalue weighted by molar-refractivity contribution is 5.79. The Morgan fingerprint density at radius 1 is 1.53 bits per heavy atom. The normalized spacial score (nSPS) is 34.3. The maximum absolute atomic E-state index is 11.9. The van der Waals surface area contributed by atoms with Crippen LogP contribution in [0.1, 0.15) is 12.8 Å². The zero-order valence-corrected chi connectivity index (χ0v) is 8.91. The van der Waals surface area contributed by atoms with Crippen LogP contribution >= 0.6 is 0 Å². The van der Waals surface area contributed by atoms with Crippen molar-refractivity contribution in [3.63, 3.8) is 0 Å². The van der Waals surface area contributed by atoms with Crippen LogP contribution in [0.5, 0.6) is 0 Å². The lowest BCUT2D eigenvalue weighted by Crippen LogP contribution is -2.69. The summed E-state index contributed by atoms with van der Waals surface area (Å²) in [5, 5.41) is 13.5. The first-order chi connectivity index (χ1) is 7.15. The van der Waals surface area contributed by atoms with Crippen molar-refractivity contribution in [1.29, 1.82) is 0 Å². The smallest absolute Gasteiger partial charge is 0.316 e. The summed E-state index contributed by atoms with van der Waals surface area (Å²) in [5.74, 6) is -0.333. The number of ether oxygens (including phenoxy) is 2. The van der Waals surface area contributed by atoms with E-state index in [1.165, 1.54) is 7.11 Å². The van der Waals surface area contributed by atoms with Crippen molar-refractivity contribution in [2.24, 2.45) is 5.41 Å². The van der Waals surface area contributed by atoms with Crippen LogP contribution in [0.4, 0.5) is 0 Å². The SMILES string of the molecule is COC(=O)C1(C2(O)COC2)CCCNC1. The van der Waals surface area contributed by atoms with Crippen LogP contribution < -0.4 is 5.32 Å². The second kappa shape index (κ2) is 3.73. The number of piperidine rings is 1. The monoisotopic (exact) mass is 215 g/mol. The number of aliphatic hydroxyl groups is 1. The van der Waals surface area contributed by atoms with Gasteiger partial charge in [-0.15, -0.1) is 0 Å². The van der Waals surface area contributed by atoms with E-state index in [0.717, 1.165) is 13.0 Å². The van der Waals surface area contributed by atoms with Gasteiger partial charge in [0.05, 0.1) is 20.3 Å². The van der Waals surface area contributed by atoms with Crippen LogP contribution in [0.2, 0.25) is 0 Å². The lowest BCUT2D eigenvalue weighted by Gasteiger charge is -2.51. The van der Waals surface area contributed by atoms with Crippen LogP contribution in [-0.2, 0) is 14.3 Å². The fourth-order valence-electron chi connectivity index (χ4n) is 2.43. The third-order valence-corrected chi connectivity index (χ3v) is 3.53. The molecule has 2 rings (SSSR count). The first kappa shape index (κ1) is 10.9. The summed E-state index contributed by atoms with van der Waals surface area (Å²) in [4.78, 5) is 11.9. The molecule has 2 aliphatic heterocycles. The number of rotatable bonds is 2. The van der Waals surface area contributed by atoms with Crippen molar-refractivity contribution in [3.8, 4) is 0 Å². The molecule has 2 saturated heterocycles. The van der Waals surface area contributed by atoms with E-state index in [-0.39, 0.29) is 19.2 Å². The number of esters is 1. The second-order valence-corrected chi connectivity index (χ2v) is 4.38. The molecule has 0 bridgehead atoms. The minimum absolute atomic E-state index is 0.226. The van der Waals surface area contributed by atoms with Crippen molar-refractivity contribution in [1.82, 2.24) is 5.32 Å². The standard InChI is InChI=1S/C10H17NO4/c1-14-8(12)9(3-2-4-11-5-9)10(13)6-15-7-10/h11,13H,2-7H2,1H3. The van der Waals surface area contributed by atoms with Crippen molar-refractivity contribution in [2.75, 3.05) is 33.4 Å². The molecule has 2 N–H and O–H groups in total. The predicted molar refractivity (Wildman–Crippen MR) is 52.3 cm³/mol. The zero-order valence-electron chi connectivity index (χ0n) is 8.91. The Bertz CT molecular complexity index is 256. The summed E-state index contributed by atoms with van der Waals surface area (Å²) in [6.45, 7) is 1.81. The van der Waals surface area contributed by atoms with Gasteiger partial charge in [-0.05, 0) is 19.4 Å². The van der Waals surface area contributed by atoms with Crippen LogP contribution in [0.3, 0.4) is 0 Å². The summed E-state index contributed by atoms with van der Waals surface area (Å²) < 4.78 is 9.85. The largest absolute Gasteiger partial charge is 0.468 e. The molecule has 0 aromatic carbocycles. The Labute approximate surface area is 88.7 Å². The quantitative estimate of drug-likeness (QED) is 0.596. The Hall–Kier alpha value is -0.650. The van der Waals surface area contributed by atoms with Crippen molar-refractivity contribution in [3.05, 3.63) is 0 Å². The van der Waals surface area contributed by atoms with Gasteiger partial charge in [0.1, 0.15) is 11.0 Å². The van der Waals surface area contributed by atoms with Gasteiger partial charge >= 0.3 is 5.97 Å². The average molecular weight is 215 g/mol. The van der Waals surface area contributed by atoms with E-state index in [1.54, 1.807) is 0 Å².